The Morgan fingerprint density at radius 2 is 2.21 bits per heavy atom. The topological polar surface area (TPSA) is 50.3 Å². The minimum absolute atomic E-state index is 0.0549. The van der Waals surface area contributed by atoms with Crippen LogP contribution in [-0.4, -0.2) is 51.5 Å². The lowest BCUT2D eigenvalue weighted by Gasteiger charge is -2.44. The molecule has 6 rings (SSSR count). The molecule has 1 aromatic carbocycles. The second-order valence-electron chi connectivity index (χ2n) is 9.43. The molecule has 5 nitrogen and oxygen atoms in total. The predicted molar refractivity (Wildman–Crippen MR) is 129 cm³/mol. The van der Waals surface area contributed by atoms with Gasteiger partial charge in [0.25, 0.3) is 0 Å². The molecule has 0 aliphatic carbocycles. The van der Waals surface area contributed by atoms with E-state index < -0.39 is 11.6 Å². The lowest BCUT2D eigenvalue weighted by molar-refractivity contribution is 0.0669. The van der Waals surface area contributed by atoms with Crippen LogP contribution in [-0.2, 0) is 11.2 Å². The molecule has 2 aromatic heterocycles. The van der Waals surface area contributed by atoms with Crippen LogP contribution in [0.25, 0.3) is 10.2 Å². The zero-order valence-corrected chi connectivity index (χ0v) is 20.3. The van der Waals surface area contributed by atoms with Crippen molar-refractivity contribution < 1.29 is 13.5 Å². The fourth-order valence-electron chi connectivity index (χ4n) is 6.27. The quantitative estimate of drug-likeness (QED) is 0.514. The van der Waals surface area contributed by atoms with Gasteiger partial charge in [0.2, 0.25) is 0 Å². The number of pyridine rings is 1. The smallest absolute Gasteiger partial charge is 0.176 e. The third-order valence-electron chi connectivity index (χ3n) is 7.77. The Balaban J connectivity index is 1.35. The number of hydrogen-bond donors (Lipinski definition) is 1. The summed E-state index contributed by atoms with van der Waals surface area (Å²) >= 11 is 3.04. The van der Waals surface area contributed by atoms with E-state index in [0.29, 0.717) is 16.3 Å². The van der Waals surface area contributed by atoms with Crippen molar-refractivity contribution in [3.05, 3.63) is 41.0 Å². The van der Waals surface area contributed by atoms with E-state index in [1.54, 1.807) is 6.20 Å². The van der Waals surface area contributed by atoms with Crippen molar-refractivity contribution in [2.45, 2.75) is 48.4 Å². The first-order valence-electron chi connectivity index (χ1n) is 11.4. The van der Waals surface area contributed by atoms with Crippen LogP contribution < -0.4 is 5.32 Å². The number of benzene rings is 1. The van der Waals surface area contributed by atoms with E-state index >= 15 is 4.39 Å². The Morgan fingerprint density at radius 1 is 1.33 bits per heavy atom. The third kappa shape index (κ3) is 3.23. The Hall–Kier alpha value is -1.81. The van der Waals surface area contributed by atoms with Gasteiger partial charge in [0.1, 0.15) is 16.2 Å². The number of ether oxygens (including phenoxy) is 1. The van der Waals surface area contributed by atoms with Crippen LogP contribution in [0.4, 0.5) is 20.2 Å². The highest BCUT2D eigenvalue weighted by Crippen LogP contribution is 2.58. The molecule has 174 valence electrons. The first kappa shape index (κ1) is 21.7. The number of likely N-dealkylation sites (tertiary alicyclic amines) is 1. The number of rotatable bonds is 4. The predicted octanol–water partition coefficient (Wildman–Crippen LogP) is 5.62. The number of hydrogen-bond acceptors (Lipinski definition) is 7. The van der Waals surface area contributed by atoms with Crippen LogP contribution in [0.2, 0.25) is 0 Å². The lowest BCUT2D eigenvalue weighted by Crippen LogP contribution is -2.54. The minimum atomic E-state index is -0.651. The molecular formula is C24H26F2N4OS2. The molecular weight excluding hydrogens is 462 g/mol. The summed E-state index contributed by atoms with van der Waals surface area (Å²) in [7, 11) is 0. The monoisotopic (exact) mass is 488 g/mol. The number of nitrogens with zero attached hydrogens (tertiary/aromatic N) is 3. The normalized spacial score (nSPS) is 29.4. The van der Waals surface area contributed by atoms with Gasteiger partial charge in [0.05, 0.1) is 22.4 Å². The second kappa shape index (κ2) is 7.86. The number of thiazole rings is 1. The fraction of sp³-hybridized carbons (Fsp3) is 0.500. The van der Waals surface area contributed by atoms with Crippen LogP contribution >= 0.6 is 23.1 Å². The number of nitrogens with one attached hydrogen (secondary N) is 1. The SMILES string of the molecule is CCN1CC[C@@H](C2(C)Cc3c(Nc4c(F)cc5scnc5c4F)ccnc3S2)[C@]12CCOC2. The molecule has 3 atom stereocenters. The molecule has 1 spiro atoms. The average molecular weight is 489 g/mol. The summed E-state index contributed by atoms with van der Waals surface area (Å²) in [6.45, 7) is 8.25. The largest absolute Gasteiger partial charge is 0.379 e. The first-order valence-corrected chi connectivity index (χ1v) is 13.1. The molecule has 0 saturated carbocycles. The van der Waals surface area contributed by atoms with Crippen LogP contribution in [0.5, 0.6) is 0 Å². The Labute approximate surface area is 199 Å². The number of thioether (sulfide) groups is 1. The third-order valence-corrected chi connectivity index (χ3v) is 9.99. The standard InChI is InChI=1S/C24H26F2N4OS2/c1-3-30-8-5-18(24(30)6-9-31-12-24)23(2)11-14-16(4-7-27-22(14)33-23)29-20-15(25)10-17-21(19(20)26)28-13-32-17/h4,7,10,13,18H,3,5-6,8-9,11-12H2,1-2H3,(H,27,29)/t18-,23?,24+/m0/s1. The molecule has 1 N–H and O–H groups in total. The molecule has 3 aliphatic heterocycles. The molecule has 1 unspecified atom stereocenters. The van der Waals surface area contributed by atoms with E-state index in [0.717, 1.165) is 56.2 Å². The van der Waals surface area contributed by atoms with Crippen molar-refractivity contribution >= 4 is 44.7 Å². The summed E-state index contributed by atoms with van der Waals surface area (Å²) in [5, 5.41) is 4.00. The lowest BCUT2D eigenvalue weighted by atomic mass is 9.73. The Kier molecular flexibility index (Phi) is 5.17. The first-order chi connectivity index (χ1) is 15.9. The van der Waals surface area contributed by atoms with Crippen molar-refractivity contribution in [1.82, 2.24) is 14.9 Å². The second-order valence-corrected chi connectivity index (χ2v) is 11.8. The number of likely N-dealkylation sites (N-methyl/N-ethyl adjacent to an activating group) is 1. The van der Waals surface area contributed by atoms with Crippen molar-refractivity contribution in [2.75, 3.05) is 31.6 Å². The molecule has 2 fully saturated rings. The summed E-state index contributed by atoms with van der Waals surface area (Å²) in [6.07, 6.45) is 4.70. The number of fused-ring (bicyclic) bond motifs is 2. The zero-order chi connectivity index (χ0) is 22.8. The van der Waals surface area contributed by atoms with E-state index in [-0.39, 0.29) is 21.5 Å². The maximum atomic E-state index is 15.1. The highest BCUT2D eigenvalue weighted by atomic mass is 32.2. The van der Waals surface area contributed by atoms with Gasteiger partial charge < -0.3 is 10.1 Å². The Morgan fingerprint density at radius 3 is 3.00 bits per heavy atom. The van der Waals surface area contributed by atoms with E-state index in [4.69, 9.17) is 4.74 Å². The van der Waals surface area contributed by atoms with Crippen molar-refractivity contribution in [3.63, 3.8) is 0 Å². The molecule has 3 aromatic rings. The highest BCUT2D eigenvalue weighted by Gasteiger charge is 2.58. The summed E-state index contributed by atoms with van der Waals surface area (Å²) < 4.78 is 36.3. The fourth-order valence-corrected chi connectivity index (χ4v) is 8.52. The van der Waals surface area contributed by atoms with Crippen LogP contribution in [0.3, 0.4) is 0 Å². The molecule has 5 heterocycles. The van der Waals surface area contributed by atoms with Crippen LogP contribution in [0.1, 0.15) is 32.3 Å². The summed E-state index contributed by atoms with van der Waals surface area (Å²) in [5.74, 6) is -0.805. The molecule has 0 radical (unpaired) electrons. The van der Waals surface area contributed by atoms with Gasteiger partial charge in [-0.25, -0.2) is 18.7 Å². The molecule has 0 amide bonds. The number of anilines is 2. The summed E-state index contributed by atoms with van der Waals surface area (Å²) in [5.41, 5.74) is 3.39. The summed E-state index contributed by atoms with van der Waals surface area (Å²) in [6, 6.07) is 3.16. The molecule has 0 bridgehead atoms. The Bertz CT molecular complexity index is 1230. The van der Waals surface area contributed by atoms with Crippen LogP contribution in [0.15, 0.2) is 28.9 Å². The van der Waals surface area contributed by atoms with Gasteiger partial charge in [0, 0.05) is 28.8 Å². The highest BCUT2D eigenvalue weighted by molar-refractivity contribution is 8.01. The average Bonchev–Trinajstić information content (AvgIpc) is 3.57. The molecule has 2 saturated heterocycles. The van der Waals surface area contributed by atoms with Crippen LogP contribution in [0, 0.1) is 17.6 Å². The van der Waals surface area contributed by atoms with Crippen molar-refractivity contribution in [2.24, 2.45) is 5.92 Å². The molecule has 9 heteroatoms. The van der Waals surface area contributed by atoms with E-state index in [1.807, 2.05) is 17.8 Å². The van der Waals surface area contributed by atoms with E-state index in [1.165, 1.54) is 22.9 Å². The number of aromatic nitrogens is 2. The molecule has 3 aliphatic rings. The van der Waals surface area contributed by atoms with Gasteiger partial charge in [0.15, 0.2) is 11.6 Å². The maximum Gasteiger partial charge on any atom is 0.176 e. The summed E-state index contributed by atoms with van der Waals surface area (Å²) in [4.78, 5) is 11.3. The van der Waals surface area contributed by atoms with Crippen molar-refractivity contribution in [3.8, 4) is 0 Å². The van der Waals surface area contributed by atoms with Gasteiger partial charge in [-0.1, -0.05) is 18.7 Å². The van der Waals surface area contributed by atoms with E-state index in [2.05, 4.69) is 34.0 Å². The van der Waals surface area contributed by atoms with Gasteiger partial charge in [-0.3, -0.25) is 4.90 Å². The van der Waals surface area contributed by atoms with Crippen molar-refractivity contribution in [1.29, 1.82) is 0 Å². The van der Waals surface area contributed by atoms with Gasteiger partial charge >= 0.3 is 0 Å². The molecule has 33 heavy (non-hydrogen) atoms. The van der Waals surface area contributed by atoms with Gasteiger partial charge in [-0.15, -0.1) is 11.3 Å². The zero-order valence-electron chi connectivity index (χ0n) is 18.7. The van der Waals surface area contributed by atoms with Gasteiger partial charge in [-0.2, -0.15) is 0 Å². The van der Waals surface area contributed by atoms with E-state index in [9.17, 15) is 4.39 Å². The maximum absolute atomic E-state index is 15.1. The van der Waals surface area contributed by atoms with Gasteiger partial charge in [-0.05, 0) is 57.3 Å². The number of halogens is 2. The minimum Gasteiger partial charge on any atom is -0.379 e.